The van der Waals surface area contributed by atoms with Crippen LogP contribution in [0.2, 0.25) is 5.02 Å². The predicted molar refractivity (Wildman–Crippen MR) is 96.7 cm³/mol. The lowest BCUT2D eigenvalue weighted by molar-refractivity contribution is 1.33. The highest BCUT2D eigenvalue weighted by atomic mass is 35.5. The van der Waals surface area contributed by atoms with E-state index >= 15 is 0 Å². The van der Waals surface area contributed by atoms with Crippen molar-refractivity contribution in [3.8, 4) is 22.5 Å². The second-order valence-corrected chi connectivity index (χ2v) is 6.02. The van der Waals surface area contributed by atoms with Gasteiger partial charge in [0.1, 0.15) is 5.82 Å². The molecular weight excluding hydrogens is 304 g/mol. The number of aromatic nitrogens is 2. The van der Waals surface area contributed by atoms with Gasteiger partial charge in [-0.25, -0.2) is 4.98 Å². The number of para-hydroxylation sites is 1. The molecule has 23 heavy (non-hydrogen) atoms. The standard InChI is InChI=1S/C20H15ClN2/c1-13-5-4-8-18-19(13)23-20(22-18)15-11-9-14(10-12-15)16-6-2-3-7-17(16)21/h2-12H,1H3,(H,22,23). The number of imidazole rings is 1. The van der Waals surface area contributed by atoms with Crippen molar-refractivity contribution in [2.45, 2.75) is 6.92 Å². The molecule has 0 unspecified atom stereocenters. The SMILES string of the molecule is Cc1cccc2[nH]c(-c3ccc(-c4ccccc4Cl)cc3)nc12. The second-order valence-electron chi connectivity index (χ2n) is 5.61. The van der Waals surface area contributed by atoms with E-state index < -0.39 is 0 Å². The number of aryl methyl sites for hydroxylation is 1. The lowest BCUT2D eigenvalue weighted by Crippen LogP contribution is -1.83. The number of aromatic amines is 1. The molecule has 112 valence electrons. The Morgan fingerprint density at radius 3 is 2.30 bits per heavy atom. The molecule has 0 radical (unpaired) electrons. The first-order valence-electron chi connectivity index (χ1n) is 7.53. The third-order valence-electron chi connectivity index (χ3n) is 4.06. The number of fused-ring (bicyclic) bond motifs is 1. The molecule has 0 spiro atoms. The van der Waals surface area contributed by atoms with Gasteiger partial charge < -0.3 is 4.98 Å². The van der Waals surface area contributed by atoms with Crippen molar-refractivity contribution in [3.63, 3.8) is 0 Å². The van der Waals surface area contributed by atoms with Crippen LogP contribution in [0.3, 0.4) is 0 Å². The highest BCUT2D eigenvalue weighted by Gasteiger charge is 2.08. The summed E-state index contributed by atoms with van der Waals surface area (Å²) in [7, 11) is 0. The maximum absolute atomic E-state index is 6.27. The summed E-state index contributed by atoms with van der Waals surface area (Å²) in [5, 5.41) is 0.764. The van der Waals surface area contributed by atoms with Crippen molar-refractivity contribution < 1.29 is 0 Å². The minimum atomic E-state index is 0.764. The molecule has 0 aliphatic carbocycles. The fourth-order valence-corrected chi connectivity index (χ4v) is 3.06. The molecule has 0 fully saturated rings. The number of halogens is 1. The quantitative estimate of drug-likeness (QED) is 0.493. The van der Waals surface area contributed by atoms with Gasteiger partial charge in [-0.05, 0) is 30.2 Å². The monoisotopic (exact) mass is 318 g/mol. The summed E-state index contributed by atoms with van der Waals surface area (Å²) >= 11 is 6.27. The largest absolute Gasteiger partial charge is 0.338 e. The van der Waals surface area contributed by atoms with E-state index in [2.05, 4.69) is 48.3 Å². The van der Waals surface area contributed by atoms with Gasteiger partial charge in [-0.3, -0.25) is 0 Å². The van der Waals surface area contributed by atoms with Crippen LogP contribution in [0.25, 0.3) is 33.5 Å². The van der Waals surface area contributed by atoms with Crippen LogP contribution in [0.1, 0.15) is 5.56 Å². The Balaban J connectivity index is 1.75. The molecule has 1 N–H and O–H groups in total. The van der Waals surface area contributed by atoms with Crippen LogP contribution in [0, 0.1) is 6.92 Å². The van der Waals surface area contributed by atoms with Crippen LogP contribution in [0.4, 0.5) is 0 Å². The Morgan fingerprint density at radius 1 is 0.826 bits per heavy atom. The summed E-state index contributed by atoms with van der Waals surface area (Å²) in [5.41, 5.74) is 6.48. The number of nitrogens with one attached hydrogen (secondary N) is 1. The molecule has 0 amide bonds. The Kier molecular flexibility index (Phi) is 3.40. The maximum atomic E-state index is 6.27. The van der Waals surface area contributed by atoms with Gasteiger partial charge in [0.2, 0.25) is 0 Å². The highest BCUT2D eigenvalue weighted by Crippen LogP contribution is 2.29. The van der Waals surface area contributed by atoms with E-state index in [-0.39, 0.29) is 0 Å². The molecule has 1 heterocycles. The average Bonchev–Trinajstić information content (AvgIpc) is 3.01. The molecule has 2 nitrogen and oxygen atoms in total. The fraction of sp³-hybridized carbons (Fsp3) is 0.0500. The summed E-state index contributed by atoms with van der Waals surface area (Å²) in [6, 6.07) is 22.4. The Morgan fingerprint density at radius 2 is 1.57 bits per heavy atom. The van der Waals surface area contributed by atoms with Crippen LogP contribution < -0.4 is 0 Å². The van der Waals surface area contributed by atoms with Crippen LogP contribution in [-0.4, -0.2) is 9.97 Å². The second kappa shape index (κ2) is 5.56. The molecule has 0 bridgehead atoms. The van der Waals surface area contributed by atoms with E-state index in [1.807, 2.05) is 30.3 Å². The van der Waals surface area contributed by atoms with Gasteiger partial charge >= 0.3 is 0 Å². The van der Waals surface area contributed by atoms with Gasteiger partial charge in [-0.2, -0.15) is 0 Å². The molecule has 0 saturated carbocycles. The molecule has 3 aromatic carbocycles. The van der Waals surface area contributed by atoms with Gasteiger partial charge in [-0.15, -0.1) is 0 Å². The van der Waals surface area contributed by atoms with E-state index in [1.165, 1.54) is 5.56 Å². The normalized spacial score (nSPS) is 11.0. The van der Waals surface area contributed by atoms with Crippen LogP contribution in [0.15, 0.2) is 66.7 Å². The third kappa shape index (κ3) is 2.51. The molecule has 0 aliphatic heterocycles. The summed E-state index contributed by atoms with van der Waals surface area (Å²) in [5.74, 6) is 0.889. The average molecular weight is 319 g/mol. The molecule has 0 saturated heterocycles. The van der Waals surface area contributed by atoms with Crippen molar-refractivity contribution in [2.24, 2.45) is 0 Å². The number of hydrogen-bond donors (Lipinski definition) is 1. The lowest BCUT2D eigenvalue weighted by atomic mass is 10.0. The minimum absolute atomic E-state index is 0.764. The third-order valence-corrected chi connectivity index (χ3v) is 4.39. The van der Waals surface area contributed by atoms with Crippen molar-refractivity contribution in [3.05, 3.63) is 77.3 Å². The summed E-state index contributed by atoms with van der Waals surface area (Å²) in [4.78, 5) is 8.11. The number of rotatable bonds is 2. The minimum Gasteiger partial charge on any atom is -0.338 e. The van der Waals surface area contributed by atoms with Gasteiger partial charge in [0.05, 0.1) is 11.0 Å². The number of H-pyrrole nitrogens is 1. The van der Waals surface area contributed by atoms with E-state index in [1.54, 1.807) is 0 Å². The van der Waals surface area contributed by atoms with Crippen LogP contribution in [0.5, 0.6) is 0 Å². The smallest absolute Gasteiger partial charge is 0.138 e. The summed E-state index contributed by atoms with van der Waals surface area (Å²) in [6.07, 6.45) is 0. The number of nitrogens with zero attached hydrogens (tertiary/aromatic N) is 1. The Labute approximate surface area is 139 Å². The Hall–Kier alpha value is -2.58. The van der Waals surface area contributed by atoms with Gasteiger partial charge in [0.25, 0.3) is 0 Å². The van der Waals surface area contributed by atoms with E-state index in [9.17, 15) is 0 Å². The lowest BCUT2D eigenvalue weighted by Gasteiger charge is -2.05. The number of benzene rings is 3. The zero-order chi connectivity index (χ0) is 15.8. The zero-order valence-corrected chi connectivity index (χ0v) is 13.4. The van der Waals surface area contributed by atoms with Gasteiger partial charge in [0, 0.05) is 16.1 Å². The van der Waals surface area contributed by atoms with Crippen LogP contribution >= 0.6 is 11.6 Å². The molecular formula is C20H15ClN2. The maximum Gasteiger partial charge on any atom is 0.138 e. The molecule has 4 aromatic rings. The first-order valence-corrected chi connectivity index (χ1v) is 7.91. The first kappa shape index (κ1) is 14.0. The molecule has 1 aromatic heterocycles. The Bertz CT molecular complexity index is 984. The summed E-state index contributed by atoms with van der Waals surface area (Å²) in [6.45, 7) is 2.08. The summed E-state index contributed by atoms with van der Waals surface area (Å²) < 4.78 is 0. The van der Waals surface area contributed by atoms with E-state index in [0.717, 1.165) is 38.6 Å². The molecule has 0 atom stereocenters. The van der Waals surface area contributed by atoms with Crippen molar-refractivity contribution in [1.29, 1.82) is 0 Å². The van der Waals surface area contributed by atoms with Gasteiger partial charge in [0.15, 0.2) is 0 Å². The molecule has 4 rings (SSSR count). The van der Waals surface area contributed by atoms with E-state index in [0.29, 0.717) is 0 Å². The van der Waals surface area contributed by atoms with Crippen LogP contribution in [-0.2, 0) is 0 Å². The van der Waals surface area contributed by atoms with E-state index in [4.69, 9.17) is 16.6 Å². The number of hydrogen-bond acceptors (Lipinski definition) is 1. The first-order chi connectivity index (χ1) is 11.2. The van der Waals surface area contributed by atoms with Gasteiger partial charge in [-0.1, -0.05) is 66.2 Å². The molecule has 3 heteroatoms. The van der Waals surface area contributed by atoms with Crippen molar-refractivity contribution in [2.75, 3.05) is 0 Å². The predicted octanol–water partition coefficient (Wildman–Crippen LogP) is 5.86. The topological polar surface area (TPSA) is 28.7 Å². The zero-order valence-electron chi connectivity index (χ0n) is 12.7. The highest BCUT2D eigenvalue weighted by molar-refractivity contribution is 6.33. The fourth-order valence-electron chi connectivity index (χ4n) is 2.82. The van der Waals surface area contributed by atoms with Crippen molar-refractivity contribution in [1.82, 2.24) is 9.97 Å². The molecule has 0 aliphatic rings. The van der Waals surface area contributed by atoms with Crippen molar-refractivity contribution >= 4 is 22.6 Å².